The van der Waals surface area contributed by atoms with Crippen molar-refractivity contribution < 1.29 is 23.7 Å². The Balaban J connectivity index is 1.24. The molecule has 130 valence electrons. The van der Waals surface area contributed by atoms with Gasteiger partial charge in [0.05, 0.1) is 13.2 Å². The molecule has 0 bridgehead atoms. The molecule has 0 aromatic carbocycles. The molecular formula is C17H32O5. The summed E-state index contributed by atoms with van der Waals surface area (Å²) in [7, 11) is 0. The van der Waals surface area contributed by atoms with E-state index in [1.165, 1.54) is 12.8 Å². The monoisotopic (exact) mass is 316 g/mol. The Morgan fingerprint density at radius 2 is 1.41 bits per heavy atom. The number of ether oxygens (including phenoxy) is 5. The van der Waals surface area contributed by atoms with E-state index in [4.69, 9.17) is 23.7 Å². The van der Waals surface area contributed by atoms with Gasteiger partial charge in [-0.05, 0) is 51.4 Å². The first kappa shape index (κ1) is 18.1. The van der Waals surface area contributed by atoms with Crippen LogP contribution in [0.2, 0.25) is 0 Å². The summed E-state index contributed by atoms with van der Waals surface area (Å²) >= 11 is 0. The molecule has 1 heterocycles. The van der Waals surface area contributed by atoms with Crippen molar-refractivity contribution in [2.24, 2.45) is 5.92 Å². The fraction of sp³-hybridized carbons (Fsp3) is 1.00. The van der Waals surface area contributed by atoms with Gasteiger partial charge < -0.3 is 23.7 Å². The van der Waals surface area contributed by atoms with Gasteiger partial charge in [-0.1, -0.05) is 0 Å². The molecule has 0 N–H and O–H groups in total. The second-order valence-corrected chi connectivity index (χ2v) is 6.27. The van der Waals surface area contributed by atoms with E-state index in [0.29, 0.717) is 6.10 Å². The molecule has 0 spiro atoms. The zero-order valence-electron chi connectivity index (χ0n) is 14.0. The highest BCUT2D eigenvalue weighted by Gasteiger charge is 2.22. The van der Waals surface area contributed by atoms with Crippen LogP contribution in [-0.2, 0) is 23.7 Å². The first-order valence-corrected chi connectivity index (χ1v) is 8.85. The third-order valence-corrected chi connectivity index (χ3v) is 3.83. The Labute approximate surface area is 134 Å². The maximum atomic E-state index is 5.62. The molecule has 0 aromatic rings. The molecule has 0 amide bonds. The van der Waals surface area contributed by atoms with Crippen molar-refractivity contribution in [3.05, 3.63) is 0 Å². The van der Waals surface area contributed by atoms with E-state index in [9.17, 15) is 0 Å². The summed E-state index contributed by atoms with van der Waals surface area (Å²) in [6.07, 6.45) is 7.11. The molecular weight excluding hydrogens is 284 g/mol. The zero-order valence-corrected chi connectivity index (χ0v) is 14.0. The quantitative estimate of drug-likeness (QED) is 0.249. The molecule has 0 aromatic heterocycles. The van der Waals surface area contributed by atoms with E-state index < -0.39 is 0 Å². The maximum Gasteiger partial charge on any atom is 0.154 e. The highest BCUT2D eigenvalue weighted by Crippen LogP contribution is 2.28. The number of epoxide rings is 1. The van der Waals surface area contributed by atoms with Crippen LogP contribution in [0.5, 0.6) is 0 Å². The molecule has 2 fully saturated rings. The average Bonchev–Trinajstić information content (AvgIpc) is 3.39. The van der Waals surface area contributed by atoms with Crippen LogP contribution in [0.3, 0.4) is 0 Å². The predicted molar refractivity (Wildman–Crippen MR) is 83.9 cm³/mol. The van der Waals surface area contributed by atoms with Gasteiger partial charge in [0, 0.05) is 33.0 Å². The Morgan fingerprint density at radius 3 is 1.95 bits per heavy atom. The van der Waals surface area contributed by atoms with Gasteiger partial charge >= 0.3 is 0 Å². The Kier molecular flexibility index (Phi) is 9.36. The second kappa shape index (κ2) is 11.4. The molecule has 1 saturated carbocycles. The SMILES string of the molecule is CC(OCCCCOCC1CC1)OCCCCOCC1CO1. The molecule has 5 nitrogen and oxygen atoms in total. The van der Waals surface area contributed by atoms with Crippen molar-refractivity contribution in [1.82, 2.24) is 0 Å². The highest BCUT2D eigenvalue weighted by molar-refractivity contribution is 4.71. The van der Waals surface area contributed by atoms with Crippen LogP contribution in [0.4, 0.5) is 0 Å². The first-order valence-electron chi connectivity index (χ1n) is 8.85. The van der Waals surface area contributed by atoms with Crippen LogP contribution in [0.25, 0.3) is 0 Å². The fourth-order valence-corrected chi connectivity index (χ4v) is 2.07. The largest absolute Gasteiger partial charge is 0.381 e. The minimum atomic E-state index is -0.117. The van der Waals surface area contributed by atoms with E-state index >= 15 is 0 Å². The predicted octanol–water partition coefficient (Wildman–Crippen LogP) is 2.77. The standard InChI is InChI=1S/C17H32O5/c1-15(20-10-4-2-8-18-12-16-6-7-16)21-11-5-3-9-19-13-17-14-22-17/h15-17H,2-14H2,1H3. The van der Waals surface area contributed by atoms with Crippen molar-refractivity contribution in [3.63, 3.8) is 0 Å². The summed E-state index contributed by atoms with van der Waals surface area (Å²) in [5, 5.41) is 0. The Morgan fingerprint density at radius 1 is 0.864 bits per heavy atom. The van der Waals surface area contributed by atoms with E-state index in [2.05, 4.69) is 0 Å². The summed E-state index contributed by atoms with van der Waals surface area (Å²) < 4.78 is 27.4. The number of hydrogen-bond donors (Lipinski definition) is 0. The molecule has 2 atom stereocenters. The number of rotatable bonds is 16. The summed E-state index contributed by atoms with van der Waals surface area (Å²) in [5.41, 5.74) is 0. The van der Waals surface area contributed by atoms with Crippen LogP contribution >= 0.6 is 0 Å². The molecule has 2 aliphatic rings. The highest BCUT2D eigenvalue weighted by atomic mass is 16.7. The molecule has 2 unspecified atom stereocenters. The lowest BCUT2D eigenvalue weighted by atomic mass is 10.3. The van der Waals surface area contributed by atoms with Gasteiger partial charge in [0.2, 0.25) is 0 Å². The zero-order chi connectivity index (χ0) is 15.5. The van der Waals surface area contributed by atoms with Gasteiger partial charge in [0.15, 0.2) is 6.29 Å². The fourth-order valence-electron chi connectivity index (χ4n) is 2.07. The van der Waals surface area contributed by atoms with E-state index in [1.807, 2.05) is 6.92 Å². The molecule has 22 heavy (non-hydrogen) atoms. The van der Waals surface area contributed by atoms with Crippen LogP contribution < -0.4 is 0 Å². The normalized spacial score (nSPS) is 22.0. The van der Waals surface area contributed by atoms with Gasteiger partial charge in [-0.25, -0.2) is 0 Å². The van der Waals surface area contributed by atoms with Crippen molar-refractivity contribution in [2.45, 2.75) is 57.8 Å². The maximum absolute atomic E-state index is 5.62. The number of hydrogen-bond acceptors (Lipinski definition) is 5. The summed E-state index contributed by atoms with van der Waals surface area (Å²) in [6, 6.07) is 0. The van der Waals surface area contributed by atoms with Crippen LogP contribution in [-0.4, -0.2) is 58.6 Å². The van der Waals surface area contributed by atoms with Crippen molar-refractivity contribution in [3.8, 4) is 0 Å². The van der Waals surface area contributed by atoms with E-state index in [-0.39, 0.29) is 6.29 Å². The first-order chi connectivity index (χ1) is 10.8. The van der Waals surface area contributed by atoms with E-state index in [0.717, 1.165) is 77.8 Å². The lowest BCUT2D eigenvalue weighted by Crippen LogP contribution is -2.15. The third-order valence-electron chi connectivity index (χ3n) is 3.83. The molecule has 2 rings (SSSR count). The van der Waals surface area contributed by atoms with Crippen molar-refractivity contribution in [2.75, 3.05) is 46.2 Å². The van der Waals surface area contributed by atoms with Crippen LogP contribution in [0.1, 0.15) is 45.4 Å². The summed E-state index contributed by atoms with van der Waals surface area (Å²) in [4.78, 5) is 0. The molecule has 0 radical (unpaired) electrons. The van der Waals surface area contributed by atoms with Gasteiger partial charge in [0.25, 0.3) is 0 Å². The minimum absolute atomic E-state index is 0.117. The van der Waals surface area contributed by atoms with Crippen LogP contribution in [0.15, 0.2) is 0 Å². The number of unbranched alkanes of at least 4 members (excludes halogenated alkanes) is 2. The van der Waals surface area contributed by atoms with Gasteiger partial charge in [-0.2, -0.15) is 0 Å². The second-order valence-electron chi connectivity index (χ2n) is 6.27. The molecule has 5 heteroatoms. The average molecular weight is 316 g/mol. The Bertz CT molecular complexity index is 240. The smallest absolute Gasteiger partial charge is 0.154 e. The van der Waals surface area contributed by atoms with Crippen molar-refractivity contribution in [1.29, 1.82) is 0 Å². The van der Waals surface area contributed by atoms with Crippen LogP contribution in [0, 0.1) is 5.92 Å². The van der Waals surface area contributed by atoms with E-state index in [1.54, 1.807) is 0 Å². The lowest BCUT2D eigenvalue weighted by molar-refractivity contribution is -0.132. The minimum Gasteiger partial charge on any atom is -0.381 e. The lowest BCUT2D eigenvalue weighted by Gasteiger charge is -2.14. The van der Waals surface area contributed by atoms with Gasteiger partial charge in [-0.15, -0.1) is 0 Å². The van der Waals surface area contributed by atoms with Gasteiger partial charge in [-0.3, -0.25) is 0 Å². The summed E-state index contributed by atoms with van der Waals surface area (Å²) in [6.45, 7) is 7.66. The third kappa shape index (κ3) is 10.5. The molecule has 1 saturated heterocycles. The van der Waals surface area contributed by atoms with Crippen molar-refractivity contribution >= 4 is 0 Å². The summed E-state index contributed by atoms with van der Waals surface area (Å²) in [5.74, 6) is 0.858. The molecule has 1 aliphatic carbocycles. The molecule has 1 aliphatic heterocycles. The Hall–Kier alpha value is -0.200. The van der Waals surface area contributed by atoms with Gasteiger partial charge in [0.1, 0.15) is 6.10 Å². The topological polar surface area (TPSA) is 49.5 Å².